The predicted octanol–water partition coefficient (Wildman–Crippen LogP) is 2.82. The van der Waals surface area contributed by atoms with Crippen molar-refractivity contribution < 1.29 is 18.7 Å². The lowest BCUT2D eigenvalue weighted by Crippen LogP contribution is -2.34. The second kappa shape index (κ2) is 7.16. The smallest absolute Gasteiger partial charge is 0.325 e. The van der Waals surface area contributed by atoms with Gasteiger partial charge in [0.1, 0.15) is 12.4 Å². The number of rotatable bonds is 4. The molecule has 0 spiro atoms. The fourth-order valence-electron chi connectivity index (χ4n) is 1.18. The molecule has 0 radical (unpaired) electrons. The molecule has 0 aliphatic rings. The minimum Gasteiger partial charge on any atom is -0.465 e. The molecule has 0 bridgehead atoms. The molecule has 0 saturated carbocycles. The summed E-state index contributed by atoms with van der Waals surface area (Å²) in [5.41, 5.74) is 0.0612. The van der Waals surface area contributed by atoms with E-state index in [0.29, 0.717) is 0 Å². The van der Waals surface area contributed by atoms with Crippen LogP contribution in [-0.4, -0.2) is 25.2 Å². The molecule has 0 aromatic heterocycles. The third-order valence-electron chi connectivity index (χ3n) is 1.94. The van der Waals surface area contributed by atoms with E-state index in [9.17, 15) is 14.0 Å². The molecular weight excluding hydrogens is 298 g/mol. The van der Waals surface area contributed by atoms with E-state index in [1.165, 1.54) is 0 Å². The fourth-order valence-corrected chi connectivity index (χ4v) is 1.74. The zero-order valence-electron chi connectivity index (χ0n) is 9.93. The molecular formula is C11H11Cl2FN2O3. The lowest BCUT2D eigenvalue weighted by atomic mass is 10.3. The van der Waals surface area contributed by atoms with Crippen molar-refractivity contribution in [2.24, 2.45) is 0 Å². The number of amides is 2. The van der Waals surface area contributed by atoms with Crippen molar-refractivity contribution in [2.45, 2.75) is 6.92 Å². The first-order valence-electron chi connectivity index (χ1n) is 5.29. The molecule has 2 N–H and O–H groups in total. The maximum Gasteiger partial charge on any atom is 0.325 e. The molecule has 0 fully saturated rings. The van der Waals surface area contributed by atoms with Crippen LogP contribution >= 0.6 is 23.2 Å². The quantitative estimate of drug-likeness (QED) is 0.840. The first-order chi connectivity index (χ1) is 8.93. The van der Waals surface area contributed by atoms with Crippen molar-refractivity contribution >= 4 is 40.9 Å². The molecule has 0 atom stereocenters. The number of hydrogen-bond donors (Lipinski definition) is 2. The van der Waals surface area contributed by atoms with Gasteiger partial charge < -0.3 is 15.4 Å². The molecule has 2 amide bonds. The second-order valence-electron chi connectivity index (χ2n) is 3.36. The summed E-state index contributed by atoms with van der Waals surface area (Å²) in [6.45, 7) is 1.57. The van der Waals surface area contributed by atoms with Crippen molar-refractivity contribution in [3.05, 3.63) is 28.0 Å². The van der Waals surface area contributed by atoms with E-state index in [1.807, 2.05) is 0 Å². The van der Waals surface area contributed by atoms with E-state index in [4.69, 9.17) is 23.2 Å². The maximum atomic E-state index is 12.9. The minimum atomic E-state index is -0.705. The second-order valence-corrected chi connectivity index (χ2v) is 4.17. The molecule has 1 rings (SSSR count). The van der Waals surface area contributed by atoms with Crippen molar-refractivity contribution in [1.29, 1.82) is 0 Å². The van der Waals surface area contributed by atoms with Gasteiger partial charge in [-0.3, -0.25) is 4.79 Å². The molecule has 0 unspecified atom stereocenters. The van der Waals surface area contributed by atoms with Crippen LogP contribution in [0.5, 0.6) is 0 Å². The van der Waals surface area contributed by atoms with Crippen LogP contribution in [0.1, 0.15) is 6.92 Å². The summed E-state index contributed by atoms with van der Waals surface area (Å²) in [7, 11) is 0. The topological polar surface area (TPSA) is 67.4 Å². The highest BCUT2D eigenvalue weighted by molar-refractivity contribution is 6.39. The number of hydrogen-bond acceptors (Lipinski definition) is 3. The Hall–Kier alpha value is -1.53. The third kappa shape index (κ3) is 4.92. The number of benzene rings is 1. The van der Waals surface area contributed by atoms with Crippen LogP contribution in [0, 0.1) is 5.82 Å². The van der Waals surface area contributed by atoms with E-state index in [1.54, 1.807) is 6.92 Å². The number of nitrogens with one attached hydrogen (secondary N) is 2. The first-order valence-corrected chi connectivity index (χ1v) is 6.04. The lowest BCUT2D eigenvalue weighted by molar-refractivity contribution is -0.141. The number of anilines is 1. The van der Waals surface area contributed by atoms with Crippen molar-refractivity contribution in [3.63, 3.8) is 0 Å². The molecule has 1 aromatic carbocycles. The SMILES string of the molecule is CCOC(=O)CNC(=O)Nc1c(Cl)cc(F)cc1Cl. The number of esters is 1. The van der Waals surface area contributed by atoms with Gasteiger partial charge in [0.2, 0.25) is 0 Å². The van der Waals surface area contributed by atoms with Crippen LogP contribution in [0.3, 0.4) is 0 Å². The van der Waals surface area contributed by atoms with E-state index < -0.39 is 17.8 Å². The Balaban J connectivity index is 2.60. The van der Waals surface area contributed by atoms with E-state index in [-0.39, 0.29) is 28.9 Å². The Morgan fingerprint density at radius 2 is 1.89 bits per heavy atom. The van der Waals surface area contributed by atoms with Crippen molar-refractivity contribution in [1.82, 2.24) is 5.32 Å². The van der Waals surface area contributed by atoms with Crippen LogP contribution in [0.2, 0.25) is 10.0 Å². The Bertz CT molecular complexity index is 474. The van der Waals surface area contributed by atoms with Gasteiger partial charge in [-0.15, -0.1) is 0 Å². The van der Waals surface area contributed by atoms with Gasteiger partial charge >= 0.3 is 12.0 Å². The number of urea groups is 1. The molecule has 19 heavy (non-hydrogen) atoms. The summed E-state index contributed by atoms with van der Waals surface area (Å²) in [4.78, 5) is 22.5. The number of carbonyl (C=O) groups is 2. The first kappa shape index (κ1) is 15.5. The average molecular weight is 309 g/mol. The van der Waals surface area contributed by atoms with Gasteiger partial charge in [0, 0.05) is 0 Å². The molecule has 0 heterocycles. The molecule has 0 aliphatic heterocycles. The predicted molar refractivity (Wildman–Crippen MR) is 70.1 cm³/mol. The standard InChI is InChI=1S/C11H11Cl2FN2O3/c1-2-19-9(17)5-15-11(18)16-10-7(12)3-6(14)4-8(10)13/h3-4H,2,5H2,1H3,(H2,15,16,18). The molecule has 5 nitrogen and oxygen atoms in total. The summed E-state index contributed by atoms with van der Waals surface area (Å²) in [6.07, 6.45) is 0. The normalized spacial score (nSPS) is 9.89. The minimum absolute atomic E-state index is 0.0451. The lowest BCUT2D eigenvalue weighted by Gasteiger charge is -2.10. The fraction of sp³-hybridized carbons (Fsp3) is 0.273. The van der Waals surface area contributed by atoms with Gasteiger partial charge in [-0.25, -0.2) is 9.18 Å². The number of carbonyl (C=O) groups excluding carboxylic acids is 2. The van der Waals surface area contributed by atoms with Crippen LogP contribution in [0.15, 0.2) is 12.1 Å². The van der Waals surface area contributed by atoms with E-state index >= 15 is 0 Å². The Morgan fingerprint density at radius 1 is 1.32 bits per heavy atom. The van der Waals surface area contributed by atoms with Gasteiger partial charge in [0.25, 0.3) is 0 Å². The van der Waals surface area contributed by atoms with Gasteiger partial charge in [-0.1, -0.05) is 23.2 Å². The van der Waals surface area contributed by atoms with Crippen LogP contribution < -0.4 is 10.6 Å². The Kier molecular flexibility index (Phi) is 5.85. The summed E-state index contributed by atoms with van der Waals surface area (Å²) in [5, 5.41) is 4.47. The van der Waals surface area contributed by atoms with Crippen LogP contribution in [-0.2, 0) is 9.53 Å². The molecule has 1 aromatic rings. The summed E-state index contributed by atoms with van der Waals surface area (Å²) < 4.78 is 17.5. The molecule has 104 valence electrons. The molecule has 8 heteroatoms. The highest BCUT2D eigenvalue weighted by Gasteiger charge is 2.12. The van der Waals surface area contributed by atoms with Crippen LogP contribution in [0.25, 0.3) is 0 Å². The van der Waals surface area contributed by atoms with Gasteiger partial charge in [-0.05, 0) is 19.1 Å². The summed E-state index contributed by atoms with van der Waals surface area (Å²) in [6, 6.07) is 1.31. The maximum absolute atomic E-state index is 12.9. The van der Waals surface area contributed by atoms with Crippen molar-refractivity contribution in [3.8, 4) is 0 Å². The van der Waals surface area contributed by atoms with Gasteiger partial charge in [0.15, 0.2) is 0 Å². The van der Waals surface area contributed by atoms with Crippen molar-refractivity contribution in [2.75, 3.05) is 18.5 Å². The monoisotopic (exact) mass is 308 g/mol. The van der Waals surface area contributed by atoms with Gasteiger partial charge in [0.05, 0.1) is 22.3 Å². The highest BCUT2D eigenvalue weighted by Crippen LogP contribution is 2.31. The van der Waals surface area contributed by atoms with Crippen LogP contribution in [0.4, 0.5) is 14.9 Å². The Labute approximate surface area is 119 Å². The Morgan fingerprint density at radius 3 is 2.42 bits per heavy atom. The largest absolute Gasteiger partial charge is 0.465 e. The average Bonchev–Trinajstić information content (AvgIpc) is 2.31. The zero-order valence-corrected chi connectivity index (χ0v) is 11.4. The molecule has 0 aliphatic carbocycles. The van der Waals surface area contributed by atoms with E-state index in [0.717, 1.165) is 12.1 Å². The zero-order chi connectivity index (χ0) is 14.4. The highest BCUT2D eigenvalue weighted by atomic mass is 35.5. The molecule has 0 saturated heterocycles. The number of ether oxygens (including phenoxy) is 1. The third-order valence-corrected chi connectivity index (χ3v) is 2.54. The number of halogens is 3. The van der Waals surface area contributed by atoms with E-state index in [2.05, 4.69) is 15.4 Å². The summed E-state index contributed by atoms with van der Waals surface area (Å²) in [5.74, 6) is -1.19. The summed E-state index contributed by atoms with van der Waals surface area (Å²) >= 11 is 11.5. The van der Waals surface area contributed by atoms with Gasteiger partial charge in [-0.2, -0.15) is 0 Å².